The van der Waals surface area contributed by atoms with Crippen LogP contribution in [0.25, 0.3) is 0 Å². The molecule has 0 radical (unpaired) electrons. The van der Waals surface area contributed by atoms with Crippen LogP contribution in [0.2, 0.25) is 0 Å². The SMILES string of the molecule is NCc1ccc2c(c1)N(Cc1cccc3c1C(=O)N(C1CCC(=O)NC1=O)C3)CCO2. The summed E-state index contributed by atoms with van der Waals surface area (Å²) in [5.41, 5.74) is 10.3. The Balaban J connectivity index is 1.43. The molecule has 3 N–H and O–H groups in total. The number of carbonyl (C=O) groups is 3. The van der Waals surface area contributed by atoms with Crippen molar-refractivity contribution in [3.05, 3.63) is 58.7 Å². The molecule has 2 aromatic carbocycles. The van der Waals surface area contributed by atoms with Crippen LogP contribution in [0.3, 0.4) is 0 Å². The van der Waals surface area contributed by atoms with E-state index in [4.69, 9.17) is 10.5 Å². The average molecular weight is 420 g/mol. The zero-order valence-corrected chi connectivity index (χ0v) is 17.1. The number of nitrogens with one attached hydrogen (secondary N) is 1. The summed E-state index contributed by atoms with van der Waals surface area (Å²) in [6.45, 7) is 2.66. The van der Waals surface area contributed by atoms with E-state index in [1.807, 2.05) is 36.4 Å². The molecule has 5 rings (SSSR count). The molecular formula is C23H24N4O4. The molecule has 1 atom stereocenters. The van der Waals surface area contributed by atoms with Crippen LogP contribution >= 0.6 is 0 Å². The molecule has 2 aromatic rings. The molecule has 0 aromatic heterocycles. The molecule has 1 fully saturated rings. The molecule has 3 heterocycles. The number of rotatable bonds is 4. The van der Waals surface area contributed by atoms with Crippen molar-refractivity contribution in [2.75, 3.05) is 18.1 Å². The van der Waals surface area contributed by atoms with Gasteiger partial charge in [0.2, 0.25) is 11.8 Å². The lowest BCUT2D eigenvalue weighted by Gasteiger charge is -2.32. The minimum Gasteiger partial charge on any atom is -0.490 e. The van der Waals surface area contributed by atoms with Crippen LogP contribution in [0, 0.1) is 0 Å². The van der Waals surface area contributed by atoms with Gasteiger partial charge in [-0.1, -0.05) is 24.3 Å². The van der Waals surface area contributed by atoms with Gasteiger partial charge >= 0.3 is 0 Å². The van der Waals surface area contributed by atoms with E-state index in [1.54, 1.807) is 4.90 Å². The number of piperidine rings is 1. The smallest absolute Gasteiger partial charge is 0.255 e. The maximum Gasteiger partial charge on any atom is 0.255 e. The molecule has 3 amide bonds. The van der Waals surface area contributed by atoms with Crippen LogP contribution in [-0.2, 0) is 29.2 Å². The Labute approximate surface area is 179 Å². The second-order valence-electron chi connectivity index (χ2n) is 8.13. The minimum absolute atomic E-state index is 0.149. The molecule has 0 saturated carbocycles. The normalized spacial score (nSPS) is 20.3. The number of anilines is 1. The Morgan fingerprint density at radius 2 is 2.03 bits per heavy atom. The van der Waals surface area contributed by atoms with E-state index in [-0.39, 0.29) is 18.2 Å². The molecule has 3 aliphatic rings. The molecule has 8 nitrogen and oxygen atoms in total. The van der Waals surface area contributed by atoms with Crippen LogP contribution in [0.1, 0.15) is 39.9 Å². The Bertz CT molecular complexity index is 1080. The van der Waals surface area contributed by atoms with Crippen molar-refractivity contribution in [3.63, 3.8) is 0 Å². The molecule has 1 saturated heterocycles. The van der Waals surface area contributed by atoms with Gasteiger partial charge in [-0.15, -0.1) is 0 Å². The fourth-order valence-electron chi connectivity index (χ4n) is 4.64. The van der Waals surface area contributed by atoms with Crippen molar-refractivity contribution in [2.24, 2.45) is 5.73 Å². The highest BCUT2D eigenvalue weighted by Gasteiger charge is 2.40. The van der Waals surface area contributed by atoms with Crippen molar-refractivity contribution >= 4 is 23.4 Å². The highest BCUT2D eigenvalue weighted by molar-refractivity contribution is 6.06. The third-order valence-corrected chi connectivity index (χ3v) is 6.22. The lowest BCUT2D eigenvalue weighted by Crippen LogP contribution is -2.52. The van der Waals surface area contributed by atoms with Gasteiger partial charge in [0.15, 0.2) is 0 Å². The van der Waals surface area contributed by atoms with Gasteiger partial charge in [-0.05, 0) is 35.2 Å². The number of imide groups is 1. The molecule has 1 unspecified atom stereocenters. The molecule has 3 aliphatic heterocycles. The van der Waals surface area contributed by atoms with Crippen LogP contribution in [0.4, 0.5) is 5.69 Å². The van der Waals surface area contributed by atoms with Gasteiger partial charge in [-0.25, -0.2) is 0 Å². The highest BCUT2D eigenvalue weighted by atomic mass is 16.5. The van der Waals surface area contributed by atoms with Crippen molar-refractivity contribution in [2.45, 2.75) is 38.5 Å². The predicted octanol–water partition coefficient (Wildman–Crippen LogP) is 1.31. The van der Waals surface area contributed by atoms with E-state index in [2.05, 4.69) is 10.2 Å². The van der Waals surface area contributed by atoms with Crippen molar-refractivity contribution < 1.29 is 19.1 Å². The summed E-state index contributed by atoms with van der Waals surface area (Å²) in [5.74, 6) is -0.0129. The molecule has 0 aliphatic carbocycles. The van der Waals surface area contributed by atoms with Crippen LogP contribution < -0.4 is 20.7 Å². The summed E-state index contributed by atoms with van der Waals surface area (Å²) < 4.78 is 5.79. The van der Waals surface area contributed by atoms with Gasteiger partial charge < -0.3 is 20.3 Å². The fraction of sp³-hybridized carbons (Fsp3) is 0.348. The average Bonchev–Trinajstić information content (AvgIpc) is 3.11. The predicted molar refractivity (Wildman–Crippen MR) is 113 cm³/mol. The zero-order chi connectivity index (χ0) is 21.5. The van der Waals surface area contributed by atoms with Gasteiger partial charge in [-0.3, -0.25) is 19.7 Å². The van der Waals surface area contributed by atoms with E-state index in [0.717, 1.165) is 28.1 Å². The lowest BCUT2D eigenvalue weighted by atomic mass is 10.0. The first-order valence-electron chi connectivity index (χ1n) is 10.5. The number of amides is 3. The van der Waals surface area contributed by atoms with Gasteiger partial charge in [0.05, 0.1) is 12.2 Å². The lowest BCUT2D eigenvalue weighted by molar-refractivity contribution is -0.136. The molecule has 160 valence electrons. The van der Waals surface area contributed by atoms with E-state index < -0.39 is 11.9 Å². The molecule has 31 heavy (non-hydrogen) atoms. The standard InChI is InChI=1S/C23H24N4O4/c24-11-14-4-6-19-18(10-14)26(8-9-31-19)12-15-2-1-3-16-13-27(23(30)21(15)16)17-5-7-20(28)25-22(17)29/h1-4,6,10,17H,5,7-9,11-13,24H2,(H,25,28,29). The number of nitrogens with zero attached hydrogens (tertiary/aromatic N) is 2. The van der Waals surface area contributed by atoms with Crippen LogP contribution in [-0.4, -0.2) is 41.8 Å². The van der Waals surface area contributed by atoms with E-state index in [0.29, 0.717) is 44.8 Å². The van der Waals surface area contributed by atoms with E-state index in [1.165, 1.54) is 0 Å². The number of carbonyl (C=O) groups excluding carboxylic acids is 3. The van der Waals surface area contributed by atoms with Gasteiger partial charge in [-0.2, -0.15) is 0 Å². The summed E-state index contributed by atoms with van der Waals surface area (Å²) in [6, 6.07) is 11.2. The van der Waals surface area contributed by atoms with Crippen molar-refractivity contribution in [3.8, 4) is 5.75 Å². The van der Waals surface area contributed by atoms with E-state index >= 15 is 0 Å². The summed E-state index contributed by atoms with van der Waals surface area (Å²) in [5, 5.41) is 2.35. The minimum atomic E-state index is -0.610. The topological polar surface area (TPSA) is 105 Å². The number of hydrogen-bond donors (Lipinski definition) is 2. The number of fused-ring (bicyclic) bond motifs is 2. The zero-order valence-electron chi connectivity index (χ0n) is 17.1. The third-order valence-electron chi connectivity index (χ3n) is 6.22. The van der Waals surface area contributed by atoms with Gasteiger partial charge in [0.1, 0.15) is 18.4 Å². The molecule has 0 bridgehead atoms. The number of hydrogen-bond acceptors (Lipinski definition) is 6. The monoisotopic (exact) mass is 420 g/mol. The Morgan fingerprint density at radius 3 is 2.84 bits per heavy atom. The number of benzene rings is 2. The summed E-state index contributed by atoms with van der Waals surface area (Å²) in [6.07, 6.45) is 0.607. The maximum atomic E-state index is 13.3. The second-order valence-corrected chi connectivity index (χ2v) is 8.13. The number of nitrogens with two attached hydrogens (primary N) is 1. The van der Waals surface area contributed by atoms with Crippen LogP contribution in [0.5, 0.6) is 5.75 Å². The molecule has 8 heteroatoms. The molecular weight excluding hydrogens is 396 g/mol. The number of ether oxygens (including phenoxy) is 1. The molecule has 0 spiro atoms. The Kier molecular flexibility index (Phi) is 4.86. The first-order valence-corrected chi connectivity index (χ1v) is 10.5. The van der Waals surface area contributed by atoms with E-state index in [9.17, 15) is 14.4 Å². The first kappa shape index (κ1) is 19.6. The third kappa shape index (κ3) is 3.42. The Morgan fingerprint density at radius 1 is 1.16 bits per heavy atom. The summed E-state index contributed by atoms with van der Waals surface area (Å²) >= 11 is 0. The summed E-state index contributed by atoms with van der Waals surface area (Å²) in [4.78, 5) is 41.0. The quantitative estimate of drug-likeness (QED) is 0.723. The fourth-order valence-corrected chi connectivity index (χ4v) is 4.64. The maximum absolute atomic E-state index is 13.3. The highest BCUT2D eigenvalue weighted by Crippen LogP contribution is 2.35. The van der Waals surface area contributed by atoms with Crippen molar-refractivity contribution in [1.29, 1.82) is 0 Å². The Hall–Kier alpha value is -3.39. The first-order chi connectivity index (χ1) is 15.0. The van der Waals surface area contributed by atoms with Gasteiger partial charge in [0.25, 0.3) is 5.91 Å². The van der Waals surface area contributed by atoms with Gasteiger partial charge in [0, 0.05) is 31.6 Å². The largest absolute Gasteiger partial charge is 0.490 e. The van der Waals surface area contributed by atoms with Crippen LogP contribution in [0.15, 0.2) is 36.4 Å². The second kappa shape index (κ2) is 7.70. The summed E-state index contributed by atoms with van der Waals surface area (Å²) in [7, 11) is 0. The van der Waals surface area contributed by atoms with Crippen molar-refractivity contribution in [1.82, 2.24) is 10.2 Å².